The van der Waals surface area contributed by atoms with Crippen molar-refractivity contribution in [2.24, 2.45) is 5.92 Å². The van der Waals surface area contributed by atoms with Gasteiger partial charge in [-0.1, -0.05) is 6.92 Å². The van der Waals surface area contributed by atoms with Crippen LogP contribution in [0.2, 0.25) is 0 Å². The van der Waals surface area contributed by atoms with E-state index in [2.05, 4.69) is 10.0 Å². The maximum absolute atomic E-state index is 12.4. The van der Waals surface area contributed by atoms with Gasteiger partial charge < -0.3 is 10.1 Å². The van der Waals surface area contributed by atoms with Crippen LogP contribution in [0, 0.1) is 5.92 Å². The molecule has 7 heteroatoms. The molecule has 0 aromatic rings. The molecule has 0 spiro atoms. The van der Waals surface area contributed by atoms with E-state index in [0.29, 0.717) is 25.6 Å². The highest BCUT2D eigenvalue weighted by atomic mass is 32.2. The van der Waals surface area contributed by atoms with Gasteiger partial charge in [-0.25, -0.2) is 0 Å². The Hall–Kier alpha value is -0.210. The summed E-state index contributed by atoms with van der Waals surface area (Å²) in [7, 11) is -1.78. The molecular formula is C14H29N3O3S. The monoisotopic (exact) mass is 319 g/mol. The maximum Gasteiger partial charge on any atom is 0.279 e. The third-order valence-electron chi connectivity index (χ3n) is 4.36. The zero-order valence-electron chi connectivity index (χ0n) is 13.2. The molecule has 1 aliphatic carbocycles. The minimum absolute atomic E-state index is 0.144. The predicted molar refractivity (Wildman–Crippen MR) is 83.3 cm³/mol. The number of piperidine rings is 1. The Morgan fingerprint density at radius 2 is 1.90 bits per heavy atom. The summed E-state index contributed by atoms with van der Waals surface area (Å²) in [5, 5.41) is 3.54. The molecule has 0 amide bonds. The van der Waals surface area contributed by atoms with Crippen LogP contribution >= 0.6 is 0 Å². The van der Waals surface area contributed by atoms with Crippen molar-refractivity contribution >= 4 is 10.2 Å². The van der Waals surface area contributed by atoms with Crippen LogP contribution in [0.15, 0.2) is 0 Å². The van der Waals surface area contributed by atoms with Crippen molar-refractivity contribution in [3.63, 3.8) is 0 Å². The van der Waals surface area contributed by atoms with Crippen molar-refractivity contribution in [1.82, 2.24) is 14.3 Å². The first-order chi connectivity index (χ1) is 10.0. The predicted octanol–water partition coefficient (Wildman–Crippen LogP) is 0.710. The van der Waals surface area contributed by atoms with Gasteiger partial charge in [0.25, 0.3) is 10.2 Å². The molecule has 0 aromatic heterocycles. The van der Waals surface area contributed by atoms with E-state index in [9.17, 15) is 8.42 Å². The summed E-state index contributed by atoms with van der Waals surface area (Å²) in [4.78, 5) is 0. The Morgan fingerprint density at radius 1 is 1.24 bits per heavy atom. The van der Waals surface area contributed by atoms with Gasteiger partial charge in [-0.15, -0.1) is 0 Å². The minimum atomic E-state index is -3.38. The van der Waals surface area contributed by atoms with Gasteiger partial charge in [0.1, 0.15) is 0 Å². The summed E-state index contributed by atoms with van der Waals surface area (Å²) < 4.78 is 34.1. The van der Waals surface area contributed by atoms with E-state index in [-0.39, 0.29) is 6.04 Å². The summed E-state index contributed by atoms with van der Waals surface area (Å²) in [6, 6.07) is 0.585. The van der Waals surface area contributed by atoms with Crippen LogP contribution in [0.4, 0.5) is 0 Å². The van der Waals surface area contributed by atoms with Crippen molar-refractivity contribution in [1.29, 1.82) is 0 Å². The highest BCUT2D eigenvalue weighted by Crippen LogP contribution is 2.22. The molecule has 124 valence electrons. The van der Waals surface area contributed by atoms with Gasteiger partial charge in [0.05, 0.1) is 6.61 Å². The number of methoxy groups -OCH3 is 1. The highest BCUT2D eigenvalue weighted by Gasteiger charge is 2.30. The number of ether oxygens (including phenoxy) is 1. The molecule has 1 aliphatic heterocycles. The summed E-state index contributed by atoms with van der Waals surface area (Å²) in [5.41, 5.74) is 0. The SMILES string of the molecule is CCC(COC)NS(=O)(=O)N1CCC(CNC2CC2)CC1. The van der Waals surface area contributed by atoms with Crippen LogP contribution in [0.5, 0.6) is 0 Å². The largest absolute Gasteiger partial charge is 0.383 e. The summed E-state index contributed by atoms with van der Waals surface area (Å²) in [5.74, 6) is 0.609. The lowest BCUT2D eigenvalue weighted by Gasteiger charge is -2.32. The lowest BCUT2D eigenvalue weighted by molar-refractivity contribution is 0.171. The molecule has 0 aromatic carbocycles. The van der Waals surface area contributed by atoms with E-state index in [1.54, 1.807) is 11.4 Å². The van der Waals surface area contributed by atoms with Crippen LogP contribution in [0.3, 0.4) is 0 Å². The van der Waals surface area contributed by atoms with Crippen molar-refractivity contribution < 1.29 is 13.2 Å². The van der Waals surface area contributed by atoms with Gasteiger partial charge in [-0.3, -0.25) is 0 Å². The second-order valence-electron chi connectivity index (χ2n) is 6.21. The van der Waals surface area contributed by atoms with Crippen LogP contribution < -0.4 is 10.0 Å². The standard InChI is InChI=1S/C14H29N3O3S/c1-3-13(11-20-2)16-21(18,19)17-8-6-12(7-9-17)10-15-14-4-5-14/h12-16H,3-11H2,1-2H3. The number of rotatable bonds is 9. The molecule has 2 aliphatic rings. The van der Waals surface area contributed by atoms with E-state index in [4.69, 9.17) is 4.74 Å². The number of nitrogens with zero attached hydrogens (tertiary/aromatic N) is 1. The molecule has 2 N–H and O–H groups in total. The Labute approximate surface area is 128 Å². The normalized spacial score (nSPS) is 23.3. The van der Waals surface area contributed by atoms with Gasteiger partial charge >= 0.3 is 0 Å². The van der Waals surface area contributed by atoms with E-state index in [1.165, 1.54) is 12.8 Å². The Bertz CT molecular complexity index is 404. The van der Waals surface area contributed by atoms with Crippen molar-refractivity contribution in [2.75, 3.05) is 33.4 Å². The molecule has 1 heterocycles. The van der Waals surface area contributed by atoms with Gasteiger partial charge in [0.15, 0.2) is 0 Å². The minimum Gasteiger partial charge on any atom is -0.383 e. The zero-order chi connectivity index (χ0) is 15.3. The molecule has 2 fully saturated rings. The number of hydrogen-bond acceptors (Lipinski definition) is 4. The second kappa shape index (κ2) is 7.87. The van der Waals surface area contributed by atoms with Gasteiger partial charge in [0.2, 0.25) is 0 Å². The highest BCUT2D eigenvalue weighted by molar-refractivity contribution is 7.87. The molecule has 21 heavy (non-hydrogen) atoms. The smallest absolute Gasteiger partial charge is 0.279 e. The van der Waals surface area contributed by atoms with Crippen LogP contribution in [-0.2, 0) is 14.9 Å². The fourth-order valence-electron chi connectivity index (χ4n) is 2.70. The molecular weight excluding hydrogens is 290 g/mol. The number of nitrogens with one attached hydrogen (secondary N) is 2. The average molecular weight is 319 g/mol. The van der Waals surface area contributed by atoms with Crippen molar-refractivity contribution in [3.05, 3.63) is 0 Å². The molecule has 0 bridgehead atoms. The lowest BCUT2D eigenvalue weighted by atomic mass is 9.98. The molecule has 0 radical (unpaired) electrons. The fraction of sp³-hybridized carbons (Fsp3) is 1.00. The molecule has 2 rings (SSSR count). The molecule has 6 nitrogen and oxygen atoms in total. The fourth-order valence-corrected chi connectivity index (χ4v) is 4.19. The summed E-state index contributed by atoms with van der Waals surface area (Å²) in [6.07, 6.45) is 5.22. The number of hydrogen-bond donors (Lipinski definition) is 2. The zero-order valence-corrected chi connectivity index (χ0v) is 14.0. The first kappa shape index (κ1) is 17.1. The Morgan fingerprint density at radius 3 is 2.43 bits per heavy atom. The Balaban J connectivity index is 1.76. The van der Waals surface area contributed by atoms with Gasteiger partial charge in [-0.2, -0.15) is 17.4 Å². The third kappa shape index (κ3) is 5.49. The van der Waals surface area contributed by atoms with Crippen LogP contribution in [0.25, 0.3) is 0 Å². The van der Waals surface area contributed by atoms with Crippen molar-refractivity contribution in [3.8, 4) is 0 Å². The maximum atomic E-state index is 12.4. The van der Waals surface area contributed by atoms with E-state index >= 15 is 0 Å². The molecule has 1 unspecified atom stereocenters. The molecule has 1 saturated carbocycles. The third-order valence-corrected chi connectivity index (χ3v) is 6.04. The van der Waals surface area contributed by atoms with E-state index in [1.807, 2.05) is 6.92 Å². The first-order valence-electron chi connectivity index (χ1n) is 8.05. The second-order valence-corrected chi connectivity index (χ2v) is 7.91. The lowest BCUT2D eigenvalue weighted by Crippen LogP contribution is -2.49. The van der Waals surface area contributed by atoms with Crippen LogP contribution in [0.1, 0.15) is 39.0 Å². The Kier molecular flexibility index (Phi) is 6.43. The first-order valence-corrected chi connectivity index (χ1v) is 9.49. The summed E-state index contributed by atoms with van der Waals surface area (Å²) >= 11 is 0. The summed E-state index contributed by atoms with van der Waals surface area (Å²) in [6.45, 7) is 4.65. The quantitative estimate of drug-likeness (QED) is 0.657. The van der Waals surface area contributed by atoms with E-state index < -0.39 is 10.2 Å². The topological polar surface area (TPSA) is 70.7 Å². The van der Waals surface area contributed by atoms with Gasteiger partial charge in [-0.05, 0) is 44.6 Å². The van der Waals surface area contributed by atoms with Crippen LogP contribution in [-0.4, -0.2) is 58.2 Å². The molecule has 1 atom stereocenters. The molecule has 1 saturated heterocycles. The van der Waals surface area contributed by atoms with Crippen molar-refractivity contribution in [2.45, 2.75) is 51.1 Å². The van der Waals surface area contributed by atoms with E-state index in [0.717, 1.165) is 31.8 Å². The average Bonchev–Trinajstić information content (AvgIpc) is 3.29. The van der Waals surface area contributed by atoms with Gasteiger partial charge in [0, 0.05) is 32.3 Å².